The molecular formula is C21H20FN3O. The molecule has 0 saturated heterocycles. The summed E-state index contributed by atoms with van der Waals surface area (Å²) in [7, 11) is 0. The SMILES string of the molecule is O=C(NCCCc1ccccc1)c1ccc(Nc2ccc(F)cc2)nc1. The van der Waals surface area contributed by atoms with Crippen LogP contribution in [0.2, 0.25) is 0 Å². The van der Waals surface area contributed by atoms with Gasteiger partial charge in [0.05, 0.1) is 5.56 Å². The van der Waals surface area contributed by atoms with E-state index in [1.165, 1.54) is 23.9 Å². The highest BCUT2D eigenvalue weighted by atomic mass is 19.1. The van der Waals surface area contributed by atoms with Crippen molar-refractivity contribution in [1.82, 2.24) is 10.3 Å². The second-order valence-corrected chi connectivity index (χ2v) is 5.91. The molecule has 26 heavy (non-hydrogen) atoms. The third kappa shape index (κ3) is 5.14. The fourth-order valence-electron chi connectivity index (χ4n) is 2.52. The summed E-state index contributed by atoms with van der Waals surface area (Å²) < 4.78 is 12.9. The van der Waals surface area contributed by atoms with Crippen LogP contribution in [0.1, 0.15) is 22.3 Å². The molecule has 3 aromatic rings. The van der Waals surface area contributed by atoms with E-state index in [2.05, 4.69) is 27.8 Å². The molecule has 1 heterocycles. The summed E-state index contributed by atoms with van der Waals surface area (Å²) in [6.07, 6.45) is 3.34. The lowest BCUT2D eigenvalue weighted by Crippen LogP contribution is -2.24. The molecule has 3 rings (SSSR count). The highest BCUT2D eigenvalue weighted by Crippen LogP contribution is 2.15. The molecule has 0 unspecified atom stereocenters. The first kappa shape index (κ1) is 17.6. The summed E-state index contributed by atoms with van der Waals surface area (Å²) in [5.41, 5.74) is 2.51. The van der Waals surface area contributed by atoms with Crippen molar-refractivity contribution in [2.75, 3.05) is 11.9 Å². The number of halogens is 1. The summed E-state index contributed by atoms with van der Waals surface area (Å²) >= 11 is 0. The zero-order chi connectivity index (χ0) is 18.2. The van der Waals surface area contributed by atoms with Crippen LogP contribution in [-0.2, 0) is 6.42 Å². The first-order valence-electron chi connectivity index (χ1n) is 8.51. The van der Waals surface area contributed by atoms with Crippen molar-refractivity contribution in [1.29, 1.82) is 0 Å². The highest BCUT2D eigenvalue weighted by molar-refractivity contribution is 5.94. The highest BCUT2D eigenvalue weighted by Gasteiger charge is 2.06. The molecule has 0 atom stereocenters. The van der Waals surface area contributed by atoms with Crippen molar-refractivity contribution in [3.63, 3.8) is 0 Å². The van der Waals surface area contributed by atoms with Crippen molar-refractivity contribution in [3.8, 4) is 0 Å². The van der Waals surface area contributed by atoms with Gasteiger partial charge in [-0.1, -0.05) is 30.3 Å². The number of hydrogen-bond donors (Lipinski definition) is 2. The maximum absolute atomic E-state index is 12.9. The Kier molecular flexibility index (Phi) is 5.93. The minimum atomic E-state index is -0.289. The number of rotatable bonds is 7. The summed E-state index contributed by atoms with van der Waals surface area (Å²) in [6, 6.07) is 19.6. The average Bonchev–Trinajstić information content (AvgIpc) is 2.68. The number of aromatic nitrogens is 1. The number of pyridine rings is 1. The van der Waals surface area contributed by atoms with E-state index in [-0.39, 0.29) is 11.7 Å². The predicted molar refractivity (Wildman–Crippen MR) is 101 cm³/mol. The lowest BCUT2D eigenvalue weighted by Gasteiger charge is -2.08. The number of carbonyl (C=O) groups excluding carboxylic acids is 1. The Labute approximate surface area is 152 Å². The van der Waals surface area contributed by atoms with Gasteiger partial charge < -0.3 is 10.6 Å². The largest absolute Gasteiger partial charge is 0.352 e. The quantitative estimate of drug-likeness (QED) is 0.624. The van der Waals surface area contributed by atoms with Crippen LogP contribution in [0, 0.1) is 5.82 Å². The standard InChI is InChI=1S/C21H20FN3O/c22-18-9-11-19(12-10-18)25-20-13-8-17(15-24-20)21(26)23-14-4-7-16-5-2-1-3-6-16/h1-3,5-6,8-13,15H,4,7,14H2,(H,23,26)(H,24,25). The van der Waals surface area contributed by atoms with Crippen LogP contribution in [0.15, 0.2) is 72.9 Å². The Hall–Kier alpha value is -3.21. The predicted octanol–water partition coefficient (Wildman–Crippen LogP) is 4.33. The van der Waals surface area contributed by atoms with E-state index in [1.807, 2.05) is 18.2 Å². The van der Waals surface area contributed by atoms with Gasteiger partial charge in [0, 0.05) is 18.4 Å². The Morgan fingerprint density at radius 3 is 2.42 bits per heavy atom. The molecule has 0 radical (unpaired) electrons. The van der Waals surface area contributed by atoms with Gasteiger partial charge in [-0.25, -0.2) is 9.37 Å². The van der Waals surface area contributed by atoms with Gasteiger partial charge in [0.1, 0.15) is 11.6 Å². The fourth-order valence-corrected chi connectivity index (χ4v) is 2.52. The van der Waals surface area contributed by atoms with Crippen LogP contribution in [0.3, 0.4) is 0 Å². The molecule has 0 fully saturated rings. The Bertz CT molecular complexity index is 833. The second-order valence-electron chi connectivity index (χ2n) is 5.91. The van der Waals surface area contributed by atoms with Gasteiger partial charge in [-0.2, -0.15) is 0 Å². The fraction of sp³-hybridized carbons (Fsp3) is 0.143. The minimum Gasteiger partial charge on any atom is -0.352 e. The molecule has 0 saturated carbocycles. The van der Waals surface area contributed by atoms with Crippen molar-refractivity contribution in [2.45, 2.75) is 12.8 Å². The smallest absolute Gasteiger partial charge is 0.252 e. The molecule has 1 amide bonds. The third-order valence-corrected chi connectivity index (χ3v) is 3.91. The van der Waals surface area contributed by atoms with E-state index in [0.29, 0.717) is 17.9 Å². The van der Waals surface area contributed by atoms with Crippen molar-refractivity contribution >= 4 is 17.4 Å². The van der Waals surface area contributed by atoms with Crippen molar-refractivity contribution < 1.29 is 9.18 Å². The number of nitrogens with one attached hydrogen (secondary N) is 2. The number of anilines is 2. The molecule has 0 aliphatic carbocycles. The average molecular weight is 349 g/mol. The Morgan fingerprint density at radius 1 is 0.962 bits per heavy atom. The number of hydrogen-bond acceptors (Lipinski definition) is 3. The molecule has 4 nitrogen and oxygen atoms in total. The maximum atomic E-state index is 12.9. The van der Waals surface area contributed by atoms with Crippen LogP contribution >= 0.6 is 0 Å². The van der Waals surface area contributed by atoms with E-state index in [1.54, 1.807) is 24.3 Å². The maximum Gasteiger partial charge on any atom is 0.252 e. The van der Waals surface area contributed by atoms with Crippen molar-refractivity contribution in [3.05, 3.63) is 89.9 Å². The van der Waals surface area contributed by atoms with Gasteiger partial charge >= 0.3 is 0 Å². The van der Waals surface area contributed by atoms with Crippen LogP contribution < -0.4 is 10.6 Å². The molecular weight excluding hydrogens is 329 g/mol. The summed E-state index contributed by atoms with van der Waals surface area (Å²) in [4.78, 5) is 16.4. The zero-order valence-electron chi connectivity index (χ0n) is 14.3. The number of benzene rings is 2. The van der Waals surface area contributed by atoms with E-state index in [9.17, 15) is 9.18 Å². The van der Waals surface area contributed by atoms with E-state index in [0.717, 1.165) is 18.5 Å². The van der Waals surface area contributed by atoms with Gasteiger partial charge in [0.2, 0.25) is 0 Å². The lowest BCUT2D eigenvalue weighted by atomic mass is 10.1. The van der Waals surface area contributed by atoms with Crippen molar-refractivity contribution in [2.24, 2.45) is 0 Å². The monoisotopic (exact) mass is 349 g/mol. The van der Waals surface area contributed by atoms with Gasteiger partial charge in [0.15, 0.2) is 0 Å². The second kappa shape index (κ2) is 8.76. The summed E-state index contributed by atoms with van der Waals surface area (Å²) in [5.74, 6) is 0.166. The topological polar surface area (TPSA) is 54.0 Å². The molecule has 1 aromatic heterocycles. The molecule has 132 valence electrons. The van der Waals surface area contributed by atoms with E-state index >= 15 is 0 Å². The molecule has 0 bridgehead atoms. The first-order chi connectivity index (χ1) is 12.7. The molecule has 2 aromatic carbocycles. The summed E-state index contributed by atoms with van der Waals surface area (Å²) in [5, 5.41) is 5.96. The zero-order valence-corrected chi connectivity index (χ0v) is 14.3. The third-order valence-electron chi connectivity index (χ3n) is 3.91. The number of carbonyl (C=O) groups is 1. The molecule has 5 heteroatoms. The lowest BCUT2D eigenvalue weighted by molar-refractivity contribution is 0.0953. The number of aryl methyl sites for hydroxylation is 1. The first-order valence-corrected chi connectivity index (χ1v) is 8.51. The molecule has 2 N–H and O–H groups in total. The normalized spacial score (nSPS) is 10.3. The van der Waals surface area contributed by atoms with E-state index in [4.69, 9.17) is 0 Å². The van der Waals surface area contributed by atoms with Crippen LogP contribution in [0.5, 0.6) is 0 Å². The van der Waals surface area contributed by atoms with Crippen LogP contribution in [0.4, 0.5) is 15.9 Å². The number of amides is 1. The van der Waals surface area contributed by atoms with Gasteiger partial charge in [-0.15, -0.1) is 0 Å². The molecule has 0 spiro atoms. The summed E-state index contributed by atoms with van der Waals surface area (Å²) in [6.45, 7) is 0.614. The number of nitrogens with zero attached hydrogens (tertiary/aromatic N) is 1. The van der Waals surface area contributed by atoms with E-state index < -0.39 is 0 Å². The Morgan fingerprint density at radius 2 is 1.73 bits per heavy atom. The van der Waals surface area contributed by atoms with Gasteiger partial charge in [0.25, 0.3) is 5.91 Å². The van der Waals surface area contributed by atoms with Gasteiger partial charge in [-0.3, -0.25) is 4.79 Å². The molecule has 0 aliphatic heterocycles. The van der Waals surface area contributed by atoms with Gasteiger partial charge in [-0.05, 0) is 54.8 Å². The molecule has 0 aliphatic rings. The Balaban J connectivity index is 1.46. The van der Waals surface area contributed by atoms with Crippen LogP contribution in [0.25, 0.3) is 0 Å². The van der Waals surface area contributed by atoms with Crippen LogP contribution in [-0.4, -0.2) is 17.4 Å². The minimum absolute atomic E-state index is 0.140.